The molecule has 27 heavy (non-hydrogen) atoms. The summed E-state index contributed by atoms with van der Waals surface area (Å²) in [4.78, 5) is 11.0. The van der Waals surface area contributed by atoms with Gasteiger partial charge in [-0.1, -0.05) is 28.9 Å². The van der Waals surface area contributed by atoms with Gasteiger partial charge in [-0.05, 0) is 31.9 Å². The summed E-state index contributed by atoms with van der Waals surface area (Å²) in [5, 5.41) is 7.95. The second-order valence-corrected chi connectivity index (χ2v) is 6.50. The Balaban J connectivity index is 0.00000261. The highest BCUT2D eigenvalue weighted by molar-refractivity contribution is 14.0. The Kier molecular flexibility index (Phi) is 8.78. The molecule has 0 spiro atoms. The number of hydrogen-bond donors (Lipinski definition) is 1. The summed E-state index contributed by atoms with van der Waals surface area (Å²) in [6.07, 6.45) is 2.37. The van der Waals surface area contributed by atoms with Crippen LogP contribution in [-0.4, -0.2) is 53.8 Å². The van der Waals surface area contributed by atoms with Gasteiger partial charge >= 0.3 is 0 Å². The minimum atomic E-state index is 0. The van der Waals surface area contributed by atoms with Gasteiger partial charge in [0, 0.05) is 37.3 Å². The van der Waals surface area contributed by atoms with Gasteiger partial charge in [0.2, 0.25) is 11.7 Å². The molecule has 148 valence electrons. The first kappa shape index (κ1) is 21.9. The summed E-state index contributed by atoms with van der Waals surface area (Å²) in [5.74, 6) is 1.87. The molecule has 7 nitrogen and oxygen atoms in total. The number of nitrogens with zero attached hydrogens (tertiary/aromatic N) is 4. The van der Waals surface area contributed by atoms with Gasteiger partial charge in [-0.25, -0.2) is 0 Å². The van der Waals surface area contributed by atoms with Crippen LogP contribution < -0.4 is 5.32 Å². The number of likely N-dealkylation sites (tertiary alicyclic amines) is 1. The molecule has 2 heterocycles. The molecule has 1 saturated heterocycles. The smallest absolute Gasteiger partial charge is 0.246 e. The number of hydrogen-bond acceptors (Lipinski definition) is 5. The molecule has 3 rings (SSSR count). The third-order valence-electron chi connectivity index (χ3n) is 4.30. The lowest BCUT2D eigenvalue weighted by molar-refractivity contribution is 0.0263. The molecule has 0 unspecified atom stereocenters. The third-order valence-corrected chi connectivity index (χ3v) is 4.54. The second-order valence-electron chi connectivity index (χ2n) is 6.06. The van der Waals surface area contributed by atoms with Gasteiger partial charge in [-0.2, -0.15) is 4.98 Å². The Morgan fingerprint density at radius 1 is 1.41 bits per heavy atom. The molecule has 1 aromatic carbocycles. The number of benzene rings is 1. The number of rotatable bonds is 5. The molecule has 0 bridgehead atoms. The SMILES string of the molecule is CCOC1CCN(C(=NC)NCc2nc(-c3cccc(Cl)c3)no2)CC1.I. The number of aliphatic imine (C=N–C) groups is 1. The molecule has 0 amide bonds. The molecule has 9 heteroatoms. The average molecular weight is 506 g/mol. The van der Waals surface area contributed by atoms with Gasteiger partial charge in [-0.3, -0.25) is 4.99 Å². The number of aromatic nitrogens is 2. The van der Waals surface area contributed by atoms with Crippen molar-refractivity contribution in [2.75, 3.05) is 26.7 Å². The topological polar surface area (TPSA) is 75.8 Å². The maximum absolute atomic E-state index is 6.01. The zero-order chi connectivity index (χ0) is 18.4. The molecule has 1 fully saturated rings. The zero-order valence-corrected chi connectivity index (χ0v) is 18.6. The maximum atomic E-state index is 6.01. The lowest BCUT2D eigenvalue weighted by atomic mass is 10.1. The van der Waals surface area contributed by atoms with Crippen molar-refractivity contribution in [1.29, 1.82) is 0 Å². The van der Waals surface area contributed by atoms with E-state index in [1.54, 1.807) is 7.05 Å². The van der Waals surface area contributed by atoms with Crippen molar-refractivity contribution in [3.63, 3.8) is 0 Å². The largest absolute Gasteiger partial charge is 0.378 e. The van der Waals surface area contributed by atoms with Crippen molar-refractivity contribution in [1.82, 2.24) is 20.4 Å². The van der Waals surface area contributed by atoms with E-state index in [4.69, 9.17) is 20.9 Å². The molecule has 0 radical (unpaired) electrons. The fourth-order valence-corrected chi connectivity index (χ4v) is 3.22. The number of ether oxygens (including phenoxy) is 1. The van der Waals surface area contributed by atoms with E-state index in [0.717, 1.165) is 44.1 Å². The van der Waals surface area contributed by atoms with Crippen LogP contribution in [0.4, 0.5) is 0 Å². The molecule has 0 aliphatic carbocycles. The van der Waals surface area contributed by atoms with Gasteiger partial charge in [0.25, 0.3) is 0 Å². The van der Waals surface area contributed by atoms with Crippen LogP contribution in [0.15, 0.2) is 33.8 Å². The first-order valence-corrected chi connectivity index (χ1v) is 9.23. The summed E-state index contributed by atoms with van der Waals surface area (Å²) >= 11 is 6.01. The summed E-state index contributed by atoms with van der Waals surface area (Å²) in [5.41, 5.74) is 0.829. The summed E-state index contributed by atoms with van der Waals surface area (Å²) in [7, 11) is 1.78. The van der Waals surface area contributed by atoms with E-state index in [1.807, 2.05) is 31.2 Å². The number of guanidine groups is 1. The van der Waals surface area contributed by atoms with Crippen LogP contribution in [-0.2, 0) is 11.3 Å². The molecule has 1 N–H and O–H groups in total. The molecule has 0 atom stereocenters. The van der Waals surface area contributed by atoms with Crippen molar-refractivity contribution < 1.29 is 9.26 Å². The van der Waals surface area contributed by atoms with E-state index < -0.39 is 0 Å². The van der Waals surface area contributed by atoms with Crippen molar-refractivity contribution in [3.8, 4) is 11.4 Å². The van der Waals surface area contributed by atoms with Crippen molar-refractivity contribution in [3.05, 3.63) is 35.2 Å². The van der Waals surface area contributed by atoms with E-state index in [2.05, 4.69) is 25.3 Å². The van der Waals surface area contributed by atoms with Crippen LogP contribution in [0.5, 0.6) is 0 Å². The van der Waals surface area contributed by atoms with Gasteiger partial charge in [0.1, 0.15) is 0 Å². The van der Waals surface area contributed by atoms with Crippen LogP contribution in [0.2, 0.25) is 5.02 Å². The van der Waals surface area contributed by atoms with Crippen molar-refractivity contribution in [2.24, 2.45) is 4.99 Å². The Labute approximate surface area is 181 Å². The van der Waals surface area contributed by atoms with Crippen LogP contribution in [0.1, 0.15) is 25.7 Å². The quantitative estimate of drug-likeness (QED) is 0.380. The normalized spacial score (nSPS) is 15.5. The van der Waals surface area contributed by atoms with Crippen molar-refractivity contribution in [2.45, 2.75) is 32.4 Å². The van der Waals surface area contributed by atoms with Crippen LogP contribution in [0.25, 0.3) is 11.4 Å². The standard InChI is InChI=1S/C18H24ClN5O2.HI/c1-3-25-15-7-9-24(10-8-15)18(20-2)21-12-16-22-17(23-26-16)13-5-4-6-14(19)11-13;/h4-6,11,15H,3,7-10,12H2,1-2H3,(H,20,21);1H. The van der Waals surface area contributed by atoms with Crippen LogP contribution in [0, 0.1) is 0 Å². The fraction of sp³-hybridized carbons (Fsp3) is 0.500. The van der Waals surface area contributed by atoms with Gasteiger partial charge in [-0.15, -0.1) is 24.0 Å². The Bertz CT molecular complexity index is 747. The van der Waals surface area contributed by atoms with Crippen LogP contribution >= 0.6 is 35.6 Å². The molecular formula is C18H25ClIN5O2. The predicted octanol–water partition coefficient (Wildman–Crippen LogP) is 3.58. The highest BCUT2D eigenvalue weighted by Crippen LogP contribution is 2.20. The van der Waals surface area contributed by atoms with Crippen molar-refractivity contribution >= 4 is 41.5 Å². The van der Waals surface area contributed by atoms with E-state index in [0.29, 0.717) is 29.4 Å². The summed E-state index contributed by atoms with van der Waals surface area (Å²) < 4.78 is 11.0. The Morgan fingerprint density at radius 3 is 2.85 bits per heavy atom. The zero-order valence-electron chi connectivity index (χ0n) is 15.5. The van der Waals surface area contributed by atoms with E-state index in [1.165, 1.54) is 0 Å². The Hall–Kier alpha value is -1.39. The average Bonchev–Trinajstić information content (AvgIpc) is 3.13. The van der Waals surface area contributed by atoms with Crippen LogP contribution in [0.3, 0.4) is 0 Å². The molecule has 1 aliphatic heterocycles. The van der Waals surface area contributed by atoms with Gasteiger partial charge < -0.3 is 19.5 Å². The van der Waals surface area contributed by atoms with E-state index in [9.17, 15) is 0 Å². The fourth-order valence-electron chi connectivity index (χ4n) is 3.03. The lowest BCUT2D eigenvalue weighted by Gasteiger charge is -2.33. The molecule has 2 aromatic rings. The first-order valence-electron chi connectivity index (χ1n) is 8.85. The monoisotopic (exact) mass is 505 g/mol. The highest BCUT2D eigenvalue weighted by Gasteiger charge is 2.21. The molecule has 1 aliphatic rings. The number of nitrogens with one attached hydrogen (secondary N) is 1. The van der Waals surface area contributed by atoms with E-state index in [-0.39, 0.29) is 24.0 Å². The third kappa shape index (κ3) is 6.05. The van der Waals surface area contributed by atoms with Gasteiger partial charge in [0.05, 0.1) is 12.6 Å². The Morgan fingerprint density at radius 2 is 2.19 bits per heavy atom. The first-order chi connectivity index (χ1) is 12.7. The molecule has 0 saturated carbocycles. The minimum absolute atomic E-state index is 0. The molecule has 1 aromatic heterocycles. The molecular weight excluding hydrogens is 481 g/mol. The number of halogens is 2. The van der Waals surface area contributed by atoms with E-state index >= 15 is 0 Å². The highest BCUT2D eigenvalue weighted by atomic mass is 127. The lowest BCUT2D eigenvalue weighted by Crippen LogP contribution is -2.46. The summed E-state index contributed by atoms with van der Waals surface area (Å²) in [6.45, 7) is 5.06. The minimum Gasteiger partial charge on any atom is -0.378 e. The summed E-state index contributed by atoms with van der Waals surface area (Å²) in [6, 6.07) is 7.38. The maximum Gasteiger partial charge on any atom is 0.246 e. The van der Waals surface area contributed by atoms with Gasteiger partial charge in [0.15, 0.2) is 5.96 Å². The number of piperidine rings is 1. The predicted molar refractivity (Wildman–Crippen MR) is 117 cm³/mol. The second kappa shape index (κ2) is 10.8.